The van der Waals surface area contributed by atoms with Gasteiger partial charge in [-0.15, -0.1) is 5.10 Å². The molecule has 144 valence electrons. The molecule has 7 heteroatoms. The van der Waals surface area contributed by atoms with Gasteiger partial charge in [0.05, 0.1) is 6.20 Å². The Labute approximate surface area is 162 Å². The van der Waals surface area contributed by atoms with Crippen LogP contribution in [0.25, 0.3) is 0 Å². The van der Waals surface area contributed by atoms with E-state index in [-0.39, 0.29) is 5.95 Å². The van der Waals surface area contributed by atoms with E-state index in [1.165, 1.54) is 11.6 Å². The first-order valence-corrected chi connectivity index (χ1v) is 9.38. The summed E-state index contributed by atoms with van der Waals surface area (Å²) >= 11 is 0. The molecule has 0 unspecified atom stereocenters. The Balaban J connectivity index is 1.37. The normalized spacial score (nSPS) is 14.9. The zero-order valence-corrected chi connectivity index (χ0v) is 15.4. The van der Waals surface area contributed by atoms with E-state index in [2.05, 4.69) is 49.7 Å². The highest BCUT2D eigenvalue weighted by molar-refractivity contribution is 5.54. The van der Waals surface area contributed by atoms with Crippen LogP contribution in [0.5, 0.6) is 0 Å². The average molecular weight is 381 g/mol. The van der Waals surface area contributed by atoms with E-state index in [1.807, 2.05) is 6.07 Å². The molecule has 0 spiro atoms. The predicted octanol–water partition coefficient (Wildman–Crippen LogP) is 4.35. The van der Waals surface area contributed by atoms with Gasteiger partial charge in [0.1, 0.15) is 0 Å². The van der Waals surface area contributed by atoms with Gasteiger partial charge < -0.3 is 10.2 Å². The van der Waals surface area contributed by atoms with Crippen LogP contribution in [0.15, 0.2) is 54.7 Å². The Kier molecular flexibility index (Phi) is 5.41. The summed E-state index contributed by atoms with van der Waals surface area (Å²) in [4.78, 5) is 6.66. The van der Waals surface area contributed by atoms with E-state index in [0.717, 1.165) is 50.3 Å². The Bertz CT molecular complexity index is 927. The number of aromatic nitrogens is 3. The quantitative estimate of drug-likeness (QED) is 0.712. The molecule has 0 atom stereocenters. The van der Waals surface area contributed by atoms with Crippen LogP contribution >= 0.6 is 0 Å². The van der Waals surface area contributed by atoms with Crippen molar-refractivity contribution in [2.75, 3.05) is 23.3 Å². The standard InChI is InChI=1S/C21H21F2N5/c22-18-7-6-17(13-19(18)23)25-21-26-20(14-24-27-21)28-10-8-16(9-11-28)12-15-4-2-1-3-5-15/h1-7,13-14,16H,8-12H2,(H,25,26,27). The maximum Gasteiger partial charge on any atom is 0.249 e. The minimum atomic E-state index is -0.922. The topological polar surface area (TPSA) is 53.9 Å². The molecule has 4 rings (SSSR count). The number of nitrogens with zero attached hydrogens (tertiary/aromatic N) is 4. The molecule has 0 amide bonds. The molecule has 1 aliphatic rings. The smallest absolute Gasteiger partial charge is 0.249 e. The van der Waals surface area contributed by atoms with Gasteiger partial charge in [0.15, 0.2) is 17.5 Å². The second kappa shape index (κ2) is 8.29. The molecule has 1 saturated heterocycles. The molecule has 5 nitrogen and oxygen atoms in total. The maximum atomic E-state index is 13.4. The van der Waals surface area contributed by atoms with Crippen LogP contribution in [-0.4, -0.2) is 28.3 Å². The second-order valence-electron chi connectivity index (χ2n) is 7.01. The van der Waals surface area contributed by atoms with Gasteiger partial charge in [0.25, 0.3) is 0 Å². The van der Waals surface area contributed by atoms with E-state index in [9.17, 15) is 8.78 Å². The van der Waals surface area contributed by atoms with Crippen LogP contribution in [-0.2, 0) is 6.42 Å². The van der Waals surface area contributed by atoms with Gasteiger partial charge >= 0.3 is 0 Å². The average Bonchev–Trinajstić information content (AvgIpc) is 2.72. The fourth-order valence-electron chi connectivity index (χ4n) is 3.52. The molecule has 3 aromatic rings. The highest BCUT2D eigenvalue weighted by Gasteiger charge is 2.21. The van der Waals surface area contributed by atoms with Crippen LogP contribution in [0.1, 0.15) is 18.4 Å². The fraction of sp³-hybridized carbons (Fsp3) is 0.286. The predicted molar refractivity (Wildman–Crippen MR) is 105 cm³/mol. The number of benzene rings is 2. The molecule has 1 aromatic heterocycles. The van der Waals surface area contributed by atoms with Crippen molar-refractivity contribution in [1.29, 1.82) is 0 Å². The summed E-state index contributed by atoms with van der Waals surface area (Å²) in [5.41, 5.74) is 1.75. The van der Waals surface area contributed by atoms with Crippen molar-refractivity contribution in [3.05, 3.63) is 71.9 Å². The van der Waals surface area contributed by atoms with Crippen LogP contribution < -0.4 is 10.2 Å². The van der Waals surface area contributed by atoms with Gasteiger partial charge in [-0.05, 0) is 42.9 Å². The number of anilines is 3. The first kappa shape index (κ1) is 18.3. The van der Waals surface area contributed by atoms with Gasteiger partial charge in [0.2, 0.25) is 5.95 Å². The summed E-state index contributed by atoms with van der Waals surface area (Å²) < 4.78 is 26.4. The number of hydrogen-bond acceptors (Lipinski definition) is 5. The van der Waals surface area contributed by atoms with Crippen molar-refractivity contribution in [2.45, 2.75) is 19.3 Å². The van der Waals surface area contributed by atoms with Crippen molar-refractivity contribution in [1.82, 2.24) is 15.2 Å². The molecule has 1 fully saturated rings. The molecule has 0 radical (unpaired) electrons. The molecule has 28 heavy (non-hydrogen) atoms. The lowest BCUT2D eigenvalue weighted by molar-refractivity contribution is 0.402. The summed E-state index contributed by atoms with van der Waals surface area (Å²) in [5.74, 6) is -0.160. The number of rotatable bonds is 5. The number of hydrogen-bond donors (Lipinski definition) is 1. The molecule has 2 heterocycles. The highest BCUT2D eigenvalue weighted by Crippen LogP contribution is 2.25. The third kappa shape index (κ3) is 4.42. The molecular formula is C21H21F2N5. The molecule has 0 saturated carbocycles. The first-order valence-electron chi connectivity index (χ1n) is 9.38. The zero-order valence-electron chi connectivity index (χ0n) is 15.4. The maximum absolute atomic E-state index is 13.4. The third-order valence-corrected chi connectivity index (χ3v) is 5.03. The summed E-state index contributed by atoms with van der Waals surface area (Å²) in [5, 5.41) is 10.8. The van der Waals surface area contributed by atoms with E-state index in [0.29, 0.717) is 11.6 Å². The summed E-state index contributed by atoms with van der Waals surface area (Å²) in [6.45, 7) is 1.81. The molecule has 2 aromatic carbocycles. The summed E-state index contributed by atoms with van der Waals surface area (Å²) in [6, 6.07) is 14.1. The van der Waals surface area contributed by atoms with Crippen molar-refractivity contribution in [3.8, 4) is 0 Å². The first-order chi connectivity index (χ1) is 13.7. The van der Waals surface area contributed by atoms with Gasteiger partial charge in [-0.1, -0.05) is 30.3 Å². The second-order valence-corrected chi connectivity index (χ2v) is 7.01. The fourth-order valence-corrected chi connectivity index (χ4v) is 3.52. The Hall–Kier alpha value is -3.09. The largest absolute Gasteiger partial charge is 0.355 e. The number of nitrogens with one attached hydrogen (secondary N) is 1. The van der Waals surface area contributed by atoms with Crippen LogP contribution in [0.4, 0.5) is 26.2 Å². The summed E-state index contributed by atoms with van der Waals surface area (Å²) in [7, 11) is 0. The van der Waals surface area contributed by atoms with Crippen molar-refractivity contribution in [3.63, 3.8) is 0 Å². The Morgan fingerprint density at radius 3 is 2.54 bits per heavy atom. The van der Waals surface area contributed by atoms with Crippen molar-refractivity contribution in [2.24, 2.45) is 5.92 Å². The van der Waals surface area contributed by atoms with Crippen molar-refractivity contribution < 1.29 is 8.78 Å². The van der Waals surface area contributed by atoms with E-state index >= 15 is 0 Å². The number of piperidine rings is 1. The van der Waals surface area contributed by atoms with Gasteiger partial charge in [-0.25, -0.2) is 8.78 Å². The van der Waals surface area contributed by atoms with E-state index in [4.69, 9.17) is 0 Å². The zero-order chi connectivity index (χ0) is 19.3. The molecular weight excluding hydrogens is 360 g/mol. The minimum Gasteiger partial charge on any atom is -0.355 e. The Morgan fingerprint density at radius 1 is 1.00 bits per heavy atom. The minimum absolute atomic E-state index is 0.259. The van der Waals surface area contributed by atoms with E-state index in [1.54, 1.807) is 6.20 Å². The van der Waals surface area contributed by atoms with Crippen molar-refractivity contribution >= 4 is 17.5 Å². The molecule has 0 aliphatic carbocycles. The SMILES string of the molecule is Fc1ccc(Nc2nncc(N3CCC(Cc4ccccc4)CC3)n2)cc1F. The van der Waals surface area contributed by atoms with Gasteiger partial charge in [-0.2, -0.15) is 10.1 Å². The monoisotopic (exact) mass is 381 g/mol. The lowest BCUT2D eigenvalue weighted by atomic mass is 9.90. The van der Waals surface area contributed by atoms with Gasteiger partial charge in [0, 0.05) is 24.8 Å². The molecule has 1 N–H and O–H groups in total. The third-order valence-electron chi connectivity index (χ3n) is 5.03. The number of halogens is 2. The van der Waals surface area contributed by atoms with E-state index < -0.39 is 11.6 Å². The van der Waals surface area contributed by atoms with Crippen LogP contribution in [0, 0.1) is 17.6 Å². The van der Waals surface area contributed by atoms with Gasteiger partial charge in [-0.3, -0.25) is 0 Å². The lowest BCUT2D eigenvalue weighted by Gasteiger charge is -2.32. The van der Waals surface area contributed by atoms with Crippen LogP contribution in [0.3, 0.4) is 0 Å². The highest BCUT2D eigenvalue weighted by atomic mass is 19.2. The Morgan fingerprint density at radius 2 is 1.79 bits per heavy atom. The van der Waals surface area contributed by atoms with Crippen LogP contribution in [0.2, 0.25) is 0 Å². The lowest BCUT2D eigenvalue weighted by Crippen LogP contribution is -2.35. The molecule has 0 bridgehead atoms. The summed E-state index contributed by atoms with van der Waals surface area (Å²) in [6.07, 6.45) is 4.91. The molecule has 1 aliphatic heterocycles.